The van der Waals surface area contributed by atoms with E-state index < -0.39 is 18.2 Å². The number of esters is 1. The Morgan fingerprint density at radius 2 is 0.844 bits per heavy atom. The molecular weight excluding hydrogens is 791 g/mol. The Balaban J connectivity index is 4.58. The Bertz CT molecular complexity index is 1100. The van der Waals surface area contributed by atoms with Crippen molar-refractivity contribution in [1.82, 2.24) is 5.32 Å². The average molecular weight is 898 g/mol. The van der Waals surface area contributed by atoms with E-state index in [0.29, 0.717) is 19.3 Å². The van der Waals surface area contributed by atoms with Gasteiger partial charge in [-0.15, -0.1) is 0 Å². The summed E-state index contributed by atoms with van der Waals surface area (Å²) >= 11 is 0. The molecule has 0 radical (unpaired) electrons. The van der Waals surface area contributed by atoms with Crippen molar-refractivity contribution in [3.05, 3.63) is 48.6 Å². The Hall–Kier alpha value is -2.18. The molecule has 0 spiro atoms. The van der Waals surface area contributed by atoms with Crippen LogP contribution in [0.3, 0.4) is 0 Å². The minimum atomic E-state index is -0.792. The van der Waals surface area contributed by atoms with Crippen molar-refractivity contribution in [2.24, 2.45) is 0 Å². The first-order valence-corrected chi connectivity index (χ1v) is 27.9. The molecule has 6 heteroatoms. The Labute approximate surface area is 397 Å². The lowest BCUT2D eigenvalue weighted by Gasteiger charge is -2.24. The molecule has 374 valence electrons. The van der Waals surface area contributed by atoms with Gasteiger partial charge in [-0.05, 0) is 64.2 Å². The van der Waals surface area contributed by atoms with Gasteiger partial charge in [0.2, 0.25) is 5.91 Å². The van der Waals surface area contributed by atoms with Gasteiger partial charge in [0, 0.05) is 6.42 Å². The van der Waals surface area contributed by atoms with E-state index in [0.717, 1.165) is 83.5 Å². The van der Waals surface area contributed by atoms with Crippen LogP contribution < -0.4 is 5.32 Å². The summed E-state index contributed by atoms with van der Waals surface area (Å²) < 4.78 is 5.94. The minimum absolute atomic E-state index is 0.0677. The molecule has 0 aromatic heterocycles. The summed E-state index contributed by atoms with van der Waals surface area (Å²) in [5, 5.41) is 23.9. The topological polar surface area (TPSA) is 95.9 Å². The van der Waals surface area contributed by atoms with E-state index >= 15 is 0 Å². The Kier molecular flexibility index (Phi) is 50.0. The number of ether oxygens (including phenoxy) is 1. The Morgan fingerprint density at radius 1 is 0.469 bits per heavy atom. The van der Waals surface area contributed by atoms with Crippen LogP contribution in [0, 0.1) is 0 Å². The van der Waals surface area contributed by atoms with E-state index in [-0.39, 0.29) is 24.9 Å². The van der Waals surface area contributed by atoms with Gasteiger partial charge < -0.3 is 20.3 Å². The summed E-state index contributed by atoms with van der Waals surface area (Å²) in [5.74, 6) is -0.498. The van der Waals surface area contributed by atoms with Crippen molar-refractivity contribution in [3.8, 4) is 0 Å². The number of aliphatic hydroxyl groups is 2. The summed E-state index contributed by atoms with van der Waals surface area (Å²) in [6.07, 6.45) is 63.1. The largest absolute Gasteiger partial charge is 0.462 e. The zero-order valence-corrected chi connectivity index (χ0v) is 42.7. The molecule has 0 fully saturated rings. The number of nitrogens with one attached hydrogen (secondary N) is 1. The molecule has 3 atom stereocenters. The molecule has 6 nitrogen and oxygen atoms in total. The number of unbranched alkanes of at least 4 members (excludes halogenated alkanes) is 30. The van der Waals surface area contributed by atoms with Gasteiger partial charge in [0.1, 0.15) is 6.10 Å². The van der Waals surface area contributed by atoms with Gasteiger partial charge in [0.25, 0.3) is 0 Å². The number of allylic oxidation sites excluding steroid dienone is 8. The van der Waals surface area contributed by atoms with Crippen LogP contribution in [0.2, 0.25) is 0 Å². The molecule has 0 aliphatic rings. The third-order valence-corrected chi connectivity index (χ3v) is 12.7. The van der Waals surface area contributed by atoms with E-state index in [4.69, 9.17) is 4.74 Å². The van der Waals surface area contributed by atoms with Crippen LogP contribution >= 0.6 is 0 Å². The highest BCUT2D eigenvalue weighted by atomic mass is 16.5. The first-order chi connectivity index (χ1) is 31.5. The molecule has 0 heterocycles. The quantitative estimate of drug-likeness (QED) is 0.0321. The monoisotopic (exact) mass is 898 g/mol. The van der Waals surface area contributed by atoms with E-state index in [9.17, 15) is 19.8 Å². The molecule has 1 amide bonds. The lowest BCUT2D eigenvalue weighted by Crippen LogP contribution is -2.46. The molecule has 64 heavy (non-hydrogen) atoms. The van der Waals surface area contributed by atoms with Gasteiger partial charge in [0.05, 0.1) is 25.2 Å². The second-order valence-electron chi connectivity index (χ2n) is 19.0. The number of hydrogen-bond donors (Lipinski definition) is 3. The smallest absolute Gasteiger partial charge is 0.306 e. The number of rotatable bonds is 50. The van der Waals surface area contributed by atoms with Gasteiger partial charge in [-0.25, -0.2) is 0 Å². The van der Waals surface area contributed by atoms with Crippen LogP contribution in [0.1, 0.15) is 284 Å². The van der Waals surface area contributed by atoms with Gasteiger partial charge in [-0.1, -0.05) is 256 Å². The maximum atomic E-state index is 13.2. The van der Waals surface area contributed by atoms with E-state index in [1.807, 2.05) is 0 Å². The molecular formula is C58H107NO5. The van der Waals surface area contributed by atoms with Gasteiger partial charge >= 0.3 is 5.97 Å². The zero-order valence-electron chi connectivity index (χ0n) is 42.7. The van der Waals surface area contributed by atoms with Crippen LogP contribution in [-0.2, 0) is 14.3 Å². The van der Waals surface area contributed by atoms with Crippen molar-refractivity contribution in [2.45, 2.75) is 302 Å². The summed E-state index contributed by atoms with van der Waals surface area (Å²) in [7, 11) is 0. The van der Waals surface area contributed by atoms with Gasteiger partial charge in [0.15, 0.2) is 0 Å². The summed E-state index contributed by atoms with van der Waals surface area (Å²) in [6, 6.07) is -0.707. The lowest BCUT2D eigenvalue weighted by molar-refractivity contribution is -0.151. The number of amides is 1. The van der Waals surface area contributed by atoms with Gasteiger partial charge in [-0.3, -0.25) is 9.59 Å². The number of hydrogen-bond acceptors (Lipinski definition) is 5. The second-order valence-corrected chi connectivity index (χ2v) is 19.0. The van der Waals surface area contributed by atoms with Crippen molar-refractivity contribution in [1.29, 1.82) is 0 Å². The zero-order chi connectivity index (χ0) is 46.7. The van der Waals surface area contributed by atoms with Crippen molar-refractivity contribution in [2.75, 3.05) is 6.61 Å². The summed E-state index contributed by atoms with van der Waals surface area (Å²) in [5.41, 5.74) is 0. The summed E-state index contributed by atoms with van der Waals surface area (Å²) in [4.78, 5) is 26.2. The van der Waals surface area contributed by atoms with Crippen LogP contribution in [0.4, 0.5) is 0 Å². The molecule has 0 rings (SSSR count). The molecule has 0 saturated heterocycles. The van der Waals surface area contributed by atoms with Crippen LogP contribution in [0.15, 0.2) is 48.6 Å². The predicted molar refractivity (Wildman–Crippen MR) is 278 cm³/mol. The molecule has 0 saturated carbocycles. The Morgan fingerprint density at radius 3 is 1.27 bits per heavy atom. The standard InChI is InChI=1S/C58H107NO5/c1-4-7-10-13-16-19-22-25-28-30-33-36-39-42-45-48-51-58(63)64-54(49-46-43-40-37-34-31-27-24-21-18-15-12-9-6-3)52-57(62)59-55(53-60)56(61)50-47-44-41-38-35-32-29-26-23-20-17-14-11-8-5-2/h7,10,16,19,25,28,33,36,54-56,60-61H,4-6,8-9,11-15,17-18,20-24,26-27,29-32,34-35,37-53H2,1-3H3,(H,59,62)/b10-7+,19-16+,28-25+,36-33+. The highest BCUT2D eigenvalue weighted by Gasteiger charge is 2.24. The predicted octanol–water partition coefficient (Wildman–Crippen LogP) is 17.0. The van der Waals surface area contributed by atoms with Crippen molar-refractivity contribution < 1.29 is 24.5 Å². The van der Waals surface area contributed by atoms with Crippen LogP contribution in [-0.4, -0.2) is 46.9 Å². The fourth-order valence-electron chi connectivity index (χ4n) is 8.48. The first-order valence-electron chi connectivity index (χ1n) is 27.9. The van der Waals surface area contributed by atoms with Crippen molar-refractivity contribution in [3.63, 3.8) is 0 Å². The molecule has 0 aromatic carbocycles. The molecule has 0 aliphatic carbocycles. The molecule has 0 aliphatic heterocycles. The molecule has 0 aromatic rings. The fraction of sp³-hybridized carbons (Fsp3) is 0.828. The number of aliphatic hydroxyl groups excluding tert-OH is 2. The summed E-state index contributed by atoms with van der Waals surface area (Å²) in [6.45, 7) is 6.39. The fourth-order valence-corrected chi connectivity index (χ4v) is 8.48. The van der Waals surface area contributed by atoms with Gasteiger partial charge in [-0.2, -0.15) is 0 Å². The third-order valence-electron chi connectivity index (χ3n) is 12.7. The van der Waals surface area contributed by atoms with E-state index in [1.165, 1.54) is 154 Å². The minimum Gasteiger partial charge on any atom is -0.462 e. The lowest BCUT2D eigenvalue weighted by atomic mass is 10.0. The SMILES string of the molecule is CC/C=C/C/C=C/C/C=C/C/C=C/CCCCCC(=O)OC(CCCCCCCCCCCCCCCC)CC(=O)NC(CO)C(O)CCCCCCCCCCCCCCCCC. The van der Waals surface area contributed by atoms with Crippen LogP contribution in [0.25, 0.3) is 0 Å². The average Bonchev–Trinajstić information content (AvgIpc) is 3.29. The first kappa shape index (κ1) is 61.8. The van der Waals surface area contributed by atoms with E-state index in [1.54, 1.807) is 0 Å². The highest BCUT2D eigenvalue weighted by Crippen LogP contribution is 2.18. The maximum absolute atomic E-state index is 13.2. The van der Waals surface area contributed by atoms with Crippen molar-refractivity contribution >= 4 is 11.9 Å². The maximum Gasteiger partial charge on any atom is 0.306 e. The second kappa shape index (κ2) is 51.8. The molecule has 3 N–H and O–H groups in total. The van der Waals surface area contributed by atoms with E-state index in [2.05, 4.69) is 74.7 Å². The normalized spacial score (nSPS) is 13.5. The number of carbonyl (C=O) groups is 2. The molecule has 3 unspecified atom stereocenters. The number of carbonyl (C=O) groups excluding carboxylic acids is 2. The highest BCUT2D eigenvalue weighted by molar-refractivity contribution is 5.77. The molecule has 0 bridgehead atoms. The van der Waals surface area contributed by atoms with Crippen LogP contribution in [0.5, 0.6) is 0 Å². The third kappa shape index (κ3) is 46.4.